The molecule has 580 valence electrons. The quantitative estimate of drug-likeness (QED) is 0.0195. The number of rotatable bonds is 78. The van der Waals surface area contributed by atoms with E-state index in [2.05, 4.69) is 148 Å². The molecule has 2 unspecified atom stereocenters. The highest BCUT2D eigenvalue weighted by Gasteiger charge is 2.22. The number of carbonyl (C=O) groups excluding carboxylic acids is 3. The lowest BCUT2D eigenvalue weighted by molar-refractivity contribution is -0.870. The summed E-state index contributed by atoms with van der Waals surface area (Å²) >= 11 is 0. The topological polar surface area (TPSA) is 111 Å². The molecule has 0 spiro atoms. The number of hydrogen-bond acceptors (Lipinski definition) is 8. The first-order valence-corrected chi connectivity index (χ1v) is 42.3. The van der Waals surface area contributed by atoms with E-state index < -0.39 is 24.3 Å². The number of nitrogens with zero attached hydrogens (tertiary/aromatic N) is 1. The van der Waals surface area contributed by atoms with Gasteiger partial charge in [-0.1, -0.05) is 379 Å². The molecule has 0 aromatic heterocycles. The minimum Gasteiger partial charge on any atom is -0.545 e. The van der Waals surface area contributed by atoms with E-state index >= 15 is 0 Å². The molecule has 0 N–H and O–H groups in total. The van der Waals surface area contributed by atoms with Crippen LogP contribution in [0.1, 0.15) is 373 Å². The summed E-state index contributed by atoms with van der Waals surface area (Å²) in [4.78, 5) is 37.6. The molecule has 0 aromatic carbocycles. The zero-order valence-electron chi connectivity index (χ0n) is 66.5. The highest BCUT2D eigenvalue weighted by Crippen LogP contribution is 2.19. The number of carboxylic acids is 1. The summed E-state index contributed by atoms with van der Waals surface area (Å²) < 4.78 is 22.8. The van der Waals surface area contributed by atoms with Gasteiger partial charge in [0.2, 0.25) is 0 Å². The summed E-state index contributed by atoms with van der Waals surface area (Å²) in [6.45, 7) is 4.63. The molecular formula is C92H159NO8. The molecule has 0 aliphatic heterocycles. The van der Waals surface area contributed by atoms with Crippen LogP contribution in [-0.4, -0.2) is 82.3 Å². The molecule has 0 fully saturated rings. The van der Waals surface area contributed by atoms with Gasteiger partial charge in [-0.05, 0) is 116 Å². The molecule has 9 heteroatoms. The number of likely N-dealkylation sites (N-methyl/N-ethyl adjacent to an activating group) is 1. The number of hydrogen-bond donors (Lipinski definition) is 0. The molecule has 0 radical (unpaired) electrons. The molecule has 0 saturated heterocycles. The van der Waals surface area contributed by atoms with Gasteiger partial charge in [0.15, 0.2) is 12.4 Å². The smallest absolute Gasteiger partial charge is 0.306 e. The van der Waals surface area contributed by atoms with Crippen molar-refractivity contribution in [2.24, 2.45) is 0 Å². The standard InChI is InChI=1S/C92H159NO8/c1-6-8-10-12-14-16-18-20-22-24-26-28-30-32-34-36-38-40-42-43-44-45-46-47-49-50-52-54-56-58-60-62-64-66-68-70-72-74-76-78-80-82-89(94)99-86-88(87-100-92(91(96)97)98-85-84-93(3,4)5)101-90(95)83-81-79-77-75-73-71-69-67-65-63-61-59-57-55-53-51-48-41-39-37-35-33-31-29-27-25-23-21-19-17-15-13-11-9-7-2/h9,11,15,17,21,23-24,26-27,29,33,35,39,41,51,53,57,59,63,65,69,71,88,92H,6-8,10,12-14,16,18-20,22,25,28,30-32,34,36-38,40,42-50,52,54-56,58,60-62,64,66-68,70,72-87H2,1-5H3/b11-9-,17-15-,23-21-,26-24-,29-27-,35-33-,41-39-,53-51-,59-57-,65-63-,71-69-. The minimum absolute atomic E-state index is 0.137. The van der Waals surface area contributed by atoms with Gasteiger partial charge >= 0.3 is 11.9 Å². The van der Waals surface area contributed by atoms with E-state index in [0.717, 1.165) is 109 Å². The van der Waals surface area contributed by atoms with Crippen molar-refractivity contribution in [3.05, 3.63) is 134 Å². The maximum atomic E-state index is 13.0. The number of carboxylic acid groups (broad SMARTS) is 1. The van der Waals surface area contributed by atoms with Gasteiger partial charge in [-0.2, -0.15) is 0 Å². The number of aliphatic carboxylic acids is 1. The summed E-state index contributed by atoms with van der Waals surface area (Å²) in [5, 5.41) is 11.9. The van der Waals surface area contributed by atoms with E-state index in [1.54, 1.807) is 0 Å². The van der Waals surface area contributed by atoms with Gasteiger partial charge in [0.05, 0.1) is 40.3 Å². The van der Waals surface area contributed by atoms with Crippen molar-refractivity contribution >= 4 is 17.9 Å². The first-order chi connectivity index (χ1) is 49.6. The van der Waals surface area contributed by atoms with Gasteiger partial charge in [0.25, 0.3) is 0 Å². The van der Waals surface area contributed by atoms with Crippen molar-refractivity contribution in [2.45, 2.75) is 386 Å². The fourth-order valence-corrected chi connectivity index (χ4v) is 12.0. The molecule has 101 heavy (non-hydrogen) atoms. The molecule has 0 aliphatic carbocycles. The van der Waals surface area contributed by atoms with Gasteiger partial charge in [0.1, 0.15) is 13.2 Å². The summed E-state index contributed by atoms with van der Waals surface area (Å²) in [5.41, 5.74) is 0. The van der Waals surface area contributed by atoms with Crippen LogP contribution in [0.5, 0.6) is 0 Å². The van der Waals surface area contributed by atoms with Gasteiger partial charge in [-0.25, -0.2) is 0 Å². The summed E-state index contributed by atoms with van der Waals surface area (Å²) in [5.74, 6) is -2.31. The molecule has 0 heterocycles. The first kappa shape index (κ1) is 96.4. The Bertz CT molecular complexity index is 2130. The Labute approximate surface area is 624 Å². The predicted molar refractivity (Wildman–Crippen MR) is 435 cm³/mol. The highest BCUT2D eigenvalue weighted by atomic mass is 16.7. The van der Waals surface area contributed by atoms with Gasteiger partial charge in [-0.15, -0.1) is 0 Å². The Morgan fingerprint density at radius 2 is 0.564 bits per heavy atom. The number of unbranched alkanes of at least 4 members (excludes halogenated alkanes) is 41. The van der Waals surface area contributed by atoms with Crippen molar-refractivity contribution in [3.63, 3.8) is 0 Å². The zero-order valence-corrected chi connectivity index (χ0v) is 66.5. The first-order valence-electron chi connectivity index (χ1n) is 42.3. The van der Waals surface area contributed by atoms with E-state index in [4.69, 9.17) is 18.9 Å². The van der Waals surface area contributed by atoms with E-state index in [-0.39, 0.29) is 38.6 Å². The Balaban J connectivity index is 4.04. The van der Waals surface area contributed by atoms with Crippen LogP contribution in [-0.2, 0) is 33.3 Å². The highest BCUT2D eigenvalue weighted by molar-refractivity contribution is 5.70. The van der Waals surface area contributed by atoms with E-state index in [1.165, 1.54) is 231 Å². The van der Waals surface area contributed by atoms with Crippen LogP contribution in [0, 0.1) is 0 Å². The second-order valence-electron chi connectivity index (χ2n) is 29.4. The summed E-state index contributed by atoms with van der Waals surface area (Å²) in [6, 6.07) is 0. The average molecular weight is 1410 g/mol. The fourth-order valence-electron chi connectivity index (χ4n) is 12.0. The fraction of sp³-hybridized carbons (Fsp3) is 0.728. The molecule has 0 bridgehead atoms. The van der Waals surface area contributed by atoms with E-state index in [0.29, 0.717) is 17.4 Å². The van der Waals surface area contributed by atoms with E-state index in [1.807, 2.05) is 21.1 Å². The molecule has 2 atom stereocenters. The number of ether oxygens (including phenoxy) is 4. The molecule has 0 aromatic rings. The average Bonchev–Trinajstić information content (AvgIpc) is 1.25. The molecular weight excluding hydrogens is 1250 g/mol. The zero-order chi connectivity index (χ0) is 73.2. The van der Waals surface area contributed by atoms with Crippen LogP contribution in [0.15, 0.2) is 134 Å². The largest absolute Gasteiger partial charge is 0.545 e. The van der Waals surface area contributed by atoms with Crippen LogP contribution in [0.3, 0.4) is 0 Å². The number of quaternary nitrogens is 1. The normalized spacial score (nSPS) is 13.3. The van der Waals surface area contributed by atoms with E-state index in [9.17, 15) is 19.5 Å². The second-order valence-corrected chi connectivity index (χ2v) is 29.4. The van der Waals surface area contributed by atoms with Crippen molar-refractivity contribution in [1.29, 1.82) is 0 Å². The van der Waals surface area contributed by atoms with Crippen molar-refractivity contribution in [2.75, 3.05) is 47.5 Å². The number of carbonyl (C=O) groups is 3. The Kier molecular flexibility index (Phi) is 77.4. The Hall–Kier alpha value is -4.57. The lowest BCUT2D eigenvalue weighted by Gasteiger charge is -2.26. The van der Waals surface area contributed by atoms with Gasteiger partial charge < -0.3 is 33.3 Å². The van der Waals surface area contributed by atoms with Crippen LogP contribution >= 0.6 is 0 Å². The molecule has 0 rings (SSSR count). The van der Waals surface area contributed by atoms with Crippen LogP contribution in [0.2, 0.25) is 0 Å². The monoisotopic (exact) mass is 1410 g/mol. The van der Waals surface area contributed by atoms with Crippen LogP contribution in [0.25, 0.3) is 0 Å². The minimum atomic E-state index is -1.64. The molecule has 0 amide bonds. The summed E-state index contributed by atoms with van der Waals surface area (Å²) in [6.07, 6.45) is 115. The lowest BCUT2D eigenvalue weighted by atomic mass is 10.0. The second kappa shape index (κ2) is 81.1. The number of esters is 2. The maximum Gasteiger partial charge on any atom is 0.306 e. The molecule has 9 nitrogen and oxygen atoms in total. The SMILES string of the molecule is CC/C=C\C/C=C\C/C=C\C/C=C\C/C=C\C/C=C\C/C=C\C/C=C\C/C=C\C/C=C\CCCCCCC(=O)OC(COC(=O)CCCCCCCCCCCCCCCCCCCCCCCCCCCCCCC/C=C\CCCCCCCCCC)COC(OCC[N+](C)(C)C)C(=O)[O-]. The number of allylic oxidation sites excluding steroid dienone is 22. The molecule has 0 saturated carbocycles. The predicted octanol–water partition coefficient (Wildman–Crippen LogP) is 26.3. The van der Waals surface area contributed by atoms with Gasteiger partial charge in [0, 0.05) is 12.8 Å². The summed E-state index contributed by atoms with van der Waals surface area (Å²) in [7, 11) is 5.93. The third kappa shape index (κ3) is 82.6. The van der Waals surface area contributed by atoms with Crippen LogP contribution in [0.4, 0.5) is 0 Å². The maximum absolute atomic E-state index is 13.0. The van der Waals surface area contributed by atoms with Crippen molar-refractivity contribution < 1.29 is 42.9 Å². The van der Waals surface area contributed by atoms with Gasteiger partial charge in [-0.3, -0.25) is 9.59 Å². The third-order valence-electron chi connectivity index (χ3n) is 18.4. The molecule has 0 aliphatic rings. The van der Waals surface area contributed by atoms with Crippen molar-refractivity contribution in [1.82, 2.24) is 0 Å². The van der Waals surface area contributed by atoms with Crippen molar-refractivity contribution in [3.8, 4) is 0 Å². The Morgan fingerprint density at radius 3 is 0.851 bits per heavy atom. The van der Waals surface area contributed by atoms with Crippen LogP contribution < -0.4 is 5.11 Å². The Morgan fingerprint density at radius 1 is 0.307 bits per heavy atom. The lowest BCUT2D eigenvalue weighted by Crippen LogP contribution is -2.44. The third-order valence-corrected chi connectivity index (χ3v) is 18.4.